The summed E-state index contributed by atoms with van der Waals surface area (Å²) in [6, 6.07) is 4.06. The van der Waals surface area contributed by atoms with Gasteiger partial charge in [-0.2, -0.15) is 0 Å². The van der Waals surface area contributed by atoms with Crippen molar-refractivity contribution in [1.82, 2.24) is 4.98 Å². The van der Waals surface area contributed by atoms with E-state index >= 15 is 0 Å². The van der Waals surface area contributed by atoms with Crippen molar-refractivity contribution in [3.8, 4) is 0 Å². The number of halogens is 2. The van der Waals surface area contributed by atoms with Crippen molar-refractivity contribution in [2.75, 3.05) is 11.1 Å². The maximum absolute atomic E-state index is 13.6. The molecule has 0 aliphatic carbocycles. The molecular weight excluding hydrogens is 282 g/mol. The average molecular weight is 292 g/mol. The Morgan fingerprint density at radius 3 is 2.43 bits per heavy atom. The molecule has 2 rings (SSSR count). The number of benzene rings is 1. The molecule has 1 heterocycles. The topological polar surface area (TPSA) is 111 Å². The van der Waals surface area contributed by atoms with Crippen LogP contribution in [0.1, 0.15) is 20.8 Å². The zero-order valence-corrected chi connectivity index (χ0v) is 10.6. The predicted octanol–water partition coefficient (Wildman–Crippen LogP) is 1.29. The summed E-state index contributed by atoms with van der Waals surface area (Å²) >= 11 is 0. The van der Waals surface area contributed by atoms with Gasteiger partial charge in [-0.1, -0.05) is 0 Å². The molecule has 0 saturated carbocycles. The minimum absolute atomic E-state index is 0.0199. The van der Waals surface area contributed by atoms with Crippen LogP contribution in [-0.4, -0.2) is 16.8 Å². The van der Waals surface area contributed by atoms with Crippen molar-refractivity contribution in [2.45, 2.75) is 0 Å². The molecule has 2 amide bonds. The highest BCUT2D eigenvalue weighted by Gasteiger charge is 2.16. The number of nitrogens with one attached hydrogen (secondary N) is 1. The largest absolute Gasteiger partial charge is 0.397 e. The third-order valence-electron chi connectivity index (χ3n) is 2.59. The van der Waals surface area contributed by atoms with E-state index in [2.05, 4.69) is 10.3 Å². The molecule has 8 heteroatoms. The van der Waals surface area contributed by atoms with Gasteiger partial charge in [0.05, 0.1) is 23.1 Å². The van der Waals surface area contributed by atoms with Crippen molar-refractivity contribution in [3.63, 3.8) is 0 Å². The van der Waals surface area contributed by atoms with E-state index in [1.807, 2.05) is 0 Å². The first-order chi connectivity index (χ1) is 9.88. The molecule has 6 nitrogen and oxygen atoms in total. The first-order valence-corrected chi connectivity index (χ1v) is 5.70. The molecule has 1 aromatic heterocycles. The summed E-state index contributed by atoms with van der Waals surface area (Å²) < 4.78 is 26.9. The monoisotopic (exact) mass is 292 g/mol. The van der Waals surface area contributed by atoms with Crippen LogP contribution in [-0.2, 0) is 0 Å². The Morgan fingerprint density at radius 2 is 1.86 bits per heavy atom. The normalized spacial score (nSPS) is 10.2. The Bertz CT molecular complexity index is 717. The number of primary amides is 1. The van der Waals surface area contributed by atoms with E-state index < -0.39 is 29.0 Å². The summed E-state index contributed by atoms with van der Waals surface area (Å²) in [6.45, 7) is 0. The van der Waals surface area contributed by atoms with E-state index in [9.17, 15) is 18.4 Å². The molecule has 5 N–H and O–H groups in total. The van der Waals surface area contributed by atoms with E-state index in [1.165, 1.54) is 18.3 Å². The minimum Gasteiger partial charge on any atom is -0.397 e. The second-order valence-corrected chi connectivity index (χ2v) is 4.11. The lowest BCUT2D eigenvalue weighted by molar-refractivity contribution is 0.0991. The number of hydrogen-bond acceptors (Lipinski definition) is 4. The standard InChI is InChI=1S/C13H10F2N4O2/c14-8-4-9(15)11(3-7(8)12(17)20)19-13(21)10-2-1-6(16)5-18-10/h1-5H,16H2,(H2,17,20)(H,19,21). The molecule has 0 unspecified atom stereocenters. The number of carbonyl (C=O) groups excluding carboxylic acids is 2. The molecule has 1 aromatic carbocycles. The van der Waals surface area contributed by atoms with Gasteiger partial charge in [-0.3, -0.25) is 9.59 Å². The third kappa shape index (κ3) is 3.11. The molecule has 0 spiro atoms. The van der Waals surface area contributed by atoms with Crippen molar-refractivity contribution in [3.05, 3.63) is 53.4 Å². The number of rotatable bonds is 3. The van der Waals surface area contributed by atoms with Gasteiger partial charge in [-0.15, -0.1) is 0 Å². The fourth-order valence-electron chi connectivity index (χ4n) is 1.56. The second-order valence-electron chi connectivity index (χ2n) is 4.11. The number of carbonyl (C=O) groups is 2. The first-order valence-electron chi connectivity index (χ1n) is 5.70. The number of pyridine rings is 1. The fraction of sp³-hybridized carbons (Fsp3) is 0. The SMILES string of the molecule is NC(=O)c1cc(NC(=O)c2ccc(N)cn2)c(F)cc1F. The Kier molecular flexibility index (Phi) is 3.79. The van der Waals surface area contributed by atoms with Gasteiger partial charge < -0.3 is 16.8 Å². The number of aromatic nitrogens is 1. The maximum atomic E-state index is 13.6. The Labute approximate surface area is 117 Å². The summed E-state index contributed by atoms with van der Waals surface area (Å²) in [4.78, 5) is 26.6. The number of hydrogen-bond donors (Lipinski definition) is 3. The van der Waals surface area contributed by atoms with E-state index in [0.29, 0.717) is 11.8 Å². The van der Waals surface area contributed by atoms with Crippen LogP contribution in [0, 0.1) is 11.6 Å². The molecule has 0 bridgehead atoms. The van der Waals surface area contributed by atoms with Gasteiger partial charge in [0.15, 0.2) is 0 Å². The van der Waals surface area contributed by atoms with Crippen molar-refractivity contribution < 1.29 is 18.4 Å². The predicted molar refractivity (Wildman–Crippen MR) is 71.5 cm³/mol. The summed E-state index contributed by atoms with van der Waals surface area (Å²) in [7, 11) is 0. The quantitative estimate of drug-likeness (QED) is 0.791. The second kappa shape index (κ2) is 5.53. The Morgan fingerprint density at radius 1 is 1.14 bits per heavy atom. The molecule has 0 aliphatic heterocycles. The molecule has 0 saturated heterocycles. The molecule has 0 atom stereocenters. The lowest BCUT2D eigenvalue weighted by atomic mass is 10.1. The molecule has 0 aliphatic rings. The van der Waals surface area contributed by atoms with E-state index in [0.717, 1.165) is 6.07 Å². The zero-order valence-electron chi connectivity index (χ0n) is 10.6. The van der Waals surface area contributed by atoms with Crippen molar-refractivity contribution >= 4 is 23.2 Å². The third-order valence-corrected chi connectivity index (χ3v) is 2.59. The summed E-state index contributed by atoms with van der Waals surface area (Å²) in [5, 5.41) is 2.18. The molecule has 2 aromatic rings. The highest BCUT2D eigenvalue weighted by molar-refractivity contribution is 6.04. The summed E-state index contributed by atoms with van der Waals surface area (Å²) in [5.74, 6) is -3.96. The van der Waals surface area contributed by atoms with Gasteiger partial charge in [0, 0.05) is 6.07 Å². The average Bonchev–Trinajstić information content (AvgIpc) is 2.42. The number of amides is 2. The van der Waals surface area contributed by atoms with Crippen LogP contribution in [0.15, 0.2) is 30.5 Å². The van der Waals surface area contributed by atoms with Gasteiger partial charge in [-0.25, -0.2) is 13.8 Å². The molecule has 108 valence electrons. The number of nitrogens with two attached hydrogens (primary N) is 2. The highest BCUT2D eigenvalue weighted by Crippen LogP contribution is 2.20. The van der Waals surface area contributed by atoms with Crippen molar-refractivity contribution in [1.29, 1.82) is 0 Å². The number of anilines is 2. The van der Waals surface area contributed by atoms with Gasteiger partial charge in [0.2, 0.25) is 0 Å². The lowest BCUT2D eigenvalue weighted by Gasteiger charge is -2.08. The van der Waals surface area contributed by atoms with Crippen LogP contribution in [0.5, 0.6) is 0 Å². The number of nitrogen functional groups attached to an aromatic ring is 1. The first kappa shape index (κ1) is 14.4. The molecule has 0 radical (unpaired) electrons. The van der Waals surface area contributed by atoms with E-state index in [1.54, 1.807) is 0 Å². The van der Waals surface area contributed by atoms with Crippen LogP contribution < -0.4 is 16.8 Å². The van der Waals surface area contributed by atoms with Crippen molar-refractivity contribution in [2.24, 2.45) is 5.73 Å². The van der Waals surface area contributed by atoms with Crippen LogP contribution in [0.3, 0.4) is 0 Å². The minimum atomic E-state index is -1.11. The molecule has 21 heavy (non-hydrogen) atoms. The van der Waals surface area contributed by atoms with Gasteiger partial charge in [-0.05, 0) is 18.2 Å². The molecular formula is C13H10F2N4O2. The molecule has 0 fully saturated rings. The summed E-state index contributed by atoms with van der Waals surface area (Å²) in [6.07, 6.45) is 1.25. The van der Waals surface area contributed by atoms with Crippen LogP contribution in [0.25, 0.3) is 0 Å². The number of nitrogens with zero attached hydrogens (tertiary/aromatic N) is 1. The van der Waals surface area contributed by atoms with Gasteiger partial charge in [0.1, 0.15) is 17.3 Å². The van der Waals surface area contributed by atoms with E-state index in [-0.39, 0.29) is 11.4 Å². The van der Waals surface area contributed by atoms with Crippen LogP contribution >= 0.6 is 0 Å². The maximum Gasteiger partial charge on any atom is 0.274 e. The fourth-order valence-corrected chi connectivity index (χ4v) is 1.56. The lowest BCUT2D eigenvalue weighted by Crippen LogP contribution is -2.18. The smallest absolute Gasteiger partial charge is 0.274 e. The van der Waals surface area contributed by atoms with Gasteiger partial charge in [0.25, 0.3) is 11.8 Å². The van der Waals surface area contributed by atoms with E-state index in [4.69, 9.17) is 11.5 Å². The highest BCUT2D eigenvalue weighted by atomic mass is 19.1. The Hall–Kier alpha value is -3.03. The van der Waals surface area contributed by atoms with Crippen LogP contribution in [0.4, 0.5) is 20.2 Å². The van der Waals surface area contributed by atoms with Gasteiger partial charge >= 0.3 is 0 Å². The zero-order chi connectivity index (χ0) is 15.6. The van der Waals surface area contributed by atoms with Crippen LogP contribution in [0.2, 0.25) is 0 Å². The summed E-state index contributed by atoms with van der Waals surface area (Å²) in [5.41, 5.74) is 9.80. The Balaban J connectivity index is 2.30.